The Morgan fingerprint density at radius 2 is 1.78 bits per heavy atom. The first kappa shape index (κ1) is 25.2. The van der Waals surface area contributed by atoms with Gasteiger partial charge in [0, 0.05) is 26.6 Å². The number of aliphatic carboxylic acids is 1. The van der Waals surface area contributed by atoms with Crippen molar-refractivity contribution >= 4 is 26.3 Å². The number of rotatable bonds is 3. The van der Waals surface area contributed by atoms with E-state index in [4.69, 9.17) is 25.2 Å². The second-order valence-corrected chi connectivity index (χ2v) is 2.16. The summed E-state index contributed by atoms with van der Waals surface area (Å²) in [5.74, 6) is -1.12. The van der Waals surface area contributed by atoms with Crippen molar-refractivity contribution < 1.29 is 44.7 Å². The summed E-state index contributed by atoms with van der Waals surface area (Å²) in [6.45, 7) is 9.75. The topological polar surface area (TPSA) is 141 Å². The number of nitrogens with one attached hydrogen (secondary N) is 2. The number of H-pyrrole nitrogens is 1. The third-order valence-corrected chi connectivity index (χ3v) is 1.27. The largest absolute Gasteiger partial charge is 0.665 e. The van der Waals surface area contributed by atoms with E-state index in [0.29, 0.717) is 5.69 Å². The summed E-state index contributed by atoms with van der Waals surface area (Å²) in [6, 6.07) is -1.11. The molecule has 0 saturated heterocycles. The molecule has 0 amide bonds. The van der Waals surface area contributed by atoms with E-state index in [1.54, 1.807) is 6.20 Å². The van der Waals surface area contributed by atoms with Crippen molar-refractivity contribution in [3.8, 4) is 0 Å². The molecule has 0 fully saturated rings. The maximum absolute atomic E-state index is 10.2. The molecule has 0 spiro atoms. The van der Waals surface area contributed by atoms with E-state index in [1.807, 2.05) is 0 Å². The second kappa shape index (κ2) is 20.7. The van der Waals surface area contributed by atoms with Gasteiger partial charge in [-0.05, 0) is 12.5 Å². The molecule has 0 saturated carbocycles. The van der Waals surface area contributed by atoms with Crippen molar-refractivity contribution in [3.63, 3.8) is 0 Å². The number of carboxylic acid groups (broad SMARTS) is 1. The number of aromatic amines is 1. The van der Waals surface area contributed by atoms with Crippen molar-refractivity contribution in [1.29, 1.82) is 0 Å². The Morgan fingerprint density at radius 3 is 2.06 bits per heavy atom. The third-order valence-electron chi connectivity index (χ3n) is 1.27. The monoisotopic (exact) mass is 428 g/mol. The number of aromatic nitrogens is 2. The van der Waals surface area contributed by atoms with E-state index < -0.39 is 12.0 Å². The van der Waals surface area contributed by atoms with Gasteiger partial charge in [-0.15, -0.1) is 0 Å². The van der Waals surface area contributed by atoms with Crippen LogP contribution in [-0.2, 0) is 46.0 Å². The van der Waals surface area contributed by atoms with E-state index in [0.717, 1.165) is 0 Å². The molecule has 1 aromatic heterocycles. The third kappa shape index (κ3) is 14.3. The van der Waals surface area contributed by atoms with Gasteiger partial charge in [-0.3, -0.25) is 25.2 Å². The predicted octanol–water partition coefficient (Wildman–Crippen LogP) is -0.367. The standard InChI is InChI=1S/C6H8N3O2.3CHO.Re/c7-5(6(10)11)1-4-2-8-3-9-4;3*1-2;/h2-3,5,7H,1H2,(H,8,9)(H,10,11);3*1H;/q4*-1;. The number of carbonyl (C=O) groups excluding carboxylic acids is 3. The molecule has 3 N–H and O–H groups in total. The summed E-state index contributed by atoms with van der Waals surface area (Å²) < 4.78 is 0. The van der Waals surface area contributed by atoms with Crippen molar-refractivity contribution in [3.05, 3.63) is 24.0 Å². The summed E-state index contributed by atoms with van der Waals surface area (Å²) in [6.07, 6.45) is 3.20. The molecule has 1 atom stereocenters. The predicted molar refractivity (Wildman–Crippen MR) is 58.3 cm³/mol. The maximum Gasteiger partial charge on any atom is 0.285 e. The number of hydrogen-bond acceptors (Lipinski definition) is 5. The minimum absolute atomic E-state index is 0. The normalized spacial score (nSPS) is 8.50. The molecule has 1 radical (unpaired) electrons. The van der Waals surface area contributed by atoms with Crippen LogP contribution in [0.15, 0.2) is 12.5 Å². The van der Waals surface area contributed by atoms with Crippen LogP contribution in [0, 0.1) is 0 Å². The van der Waals surface area contributed by atoms with Gasteiger partial charge in [-0.2, -0.15) is 0 Å². The van der Waals surface area contributed by atoms with Gasteiger partial charge in [0.05, 0.1) is 12.0 Å². The van der Waals surface area contributed by atoms with Crippen LogP contribution in [0.5, 0.6) is 0 Å². The Balaban J connectivity index is -0.000000123. The summed E-state index contributed by atoms with van der Waals surface area (Å²) in [4.78, 5) is 39.9. The molecule has 0 aromatic carbocycles. The molecule has 8 nitrogen and oxygen atoms in total. The van der Waals surface area contributed by atoms with E-state index >= 15 is 0 Å². The van der Waals surface area contributed by atoms with Gasteiger partial charge < -0.3 is 30.2 Å². The molecule has 0 aliphatic carbocycles. The van der Waals surface area contributed by atoms with Crippen LogP contribution < -0.4 is 0 Å². The van der Waals surface area contributed by atoms with E-state index in [1.165, 1.54) is 6.33 Å². The Bertz CT molecular complexity index is 279. The van der Waals surface area contributed by atoms with Gasteiger partial charge in [0.1, 0.15) is 0 Å². The van der Waals surface area contributed by atoms with Crippen molar-refractivity contribution in [2.45, 2.75) is 12.5 Å². The van der Waals surface area contributed by atoms with Crippen LogP contribution in [0.4, 0.5) is 0 Å². The van der Waals surface area contributed by atoms with Crippen LogP contribution in [0.2, 0.25) is 0 Å². The number of nitrogens with zero attached hydrogens (tertiary/aromatic N) is 1. The van der Waals surface area contributed by atoms with Gasteiger partial charge in [0.2, 0.25) is 0 Å². The number of imidazole rings is 1. The first-order valence-electron chi connectivity index (χ1n) is 3.82. The van der Waals surface area contributed by atoms with E-state index in [9.17, 15) is 4.79 Å². The fraction of sp³-hybridized carbons (Fsp3) is 0.222. The van der Waals surface area contributed by atoms with Gasteiger partial charge in [-0.25, -0.2) is 4.98 Å². The fourth-order valence-electron chi connectivity index (χ4n) is 0.699. The van der Waals surface area contributed by atoms with Gasteiger partial charge in [-0.1, -0.05) is 0 Å². The zero-order valence-corrected chi connectivity index (χ0v) is 11.8. The number of carboxylic acids is 1. The summed E-state index contributed by atoms with van der Waals surface area (Å²) >= 11 is 0. The summed E-state index contributed by atoms with van der Waals surface area (Å²) in [5, 5.41) is 8.36. The smallest absolute Gasteiger partial charge is 0.285 e. The van der Waals surface area contributed by atoms with Crippen molar-refractivity contribution in [1.82, 2.24) is 9.97 Å². The van der Waals surface area contributed by atoms with Gasteiger partial charge >= 0.3 is 0 Å². The van der Waals surface area contributed by atoms with Crippen molar-refractivity contribution in [2.24, 2.45) is 0 Å². The first-order valence-corrected chi connectivity index (χ1v) is 3.82. The Hall–Kier alpha value is -1.69. The molecule has 1 heterocycles. The second-order valence-electron chi connectivity index (χ2n) is 2.16. The van der Waals surface area contributed by atoms with Gasteiger partial charge in [0.15, 0.2) is 0 Å². The van der Waals surface area contributed by atoms with Crippen LogP contribution >= 0.6 is 0 Å². The molecule has 0 aliphatic heterocycles. The van der Waals surface area contributed by atoms with E-state index in [-0.39, 0.29) is 26.8 Å². The average molecular weight is 427 g/mol. The Morgan fingerprint density at radius 1 is 1.33 bits per heavy atom. The molecule has 1 rings (SSSR count). The zero-order valence-electron chi connectivity index (χ0n) is 9.08. The first-order chi connectivity index (χ1) is 8.20. The van der Waals surface area contributed by atoms with Gasteiger partial charge in [0.25, 0.3) is 5.97 Å². The molecular formula is C9H11N3O5Re-4. The van der Waals surface area contributed by atoms with Crippen molar-refractivity contribution in [2.75, 3.05) is 0 Å². The minimum atomic E-state index is -1.12. The maximum atomic E-state index is 10.2. The molecule has 103 valence electrons. The van der Waals surface area contributed by atoms with Crippen LogP contribution in [-0.4, -0.2) is 47.5 Å². The van der Waals surface area contributed by atoms with Crippen LogP contribution in [0.25, 0.3) is 5.73 Å². The quantitative estimate of drug-likeness (QED) is 0.498. The summed E-state index contributed by atoms with van der Waals surface area (Å²) in [7, 11) is 0. The molecule has 0 aliphatic rings. The average Bonchev–Trinajstić information content (AvgIpc) is 2.89. The van der Waals surface area contributed by atoms with Crippen LogP contribution in [0.1, 0.15) is 5.69 Å². The zero-order chi connectivity index (χ0) is 14.3. The molecule has 0 bridgehead atoms. The van der Waals surface area contributed by atoms with E-state index in [2.05, 4.69) is 30.3 Å². The summed E-state index contributed by atoms with van der Waals surface area (Å²) in [5.41, 5.74) is 7.65. The number of carbonyl (C=O) groups is 1. The Kier molecular flexibility index (Phi) is 29.0. The molecule has 9 heteroatoms. The molecule has 1 unspecified atom stereocenters. The minimum Gasteiger partial charge on any atom is -0.665 e. The molecular weight excluding hydrogens is 416 g/mol. The molecule has 18 heavy (non-hydrogen) atoms. The SMILES string of the molecule is [CH-]=O.[CH-]=O.[CH-]=O.[NH-]C(Cc1c[nH]cn1)C(=O)O.[Re]. The van der Waals surface area contributed by atoms with Crippen LogP contribution in [0.3, 0.4) is 0 Å². The fourth-order valence-corrected chi connectivity index (χ4v) is 0.699. The number of hydrogen-bond donors (Lipinski definition) is 2. The Labute approximate surface area is 118 Å². The molecule has 1 aromatic rings.